The highest BCUT2D eigenvalue weighted by Gasteiger charge is 2.44. The van der Waals surface area contributed by atoms with E-state index in [-0.39, 0.29) is 22.4 Å². The van der Waals surface area contributed by atoms with Crippen LogP contribution in [0.25, 0.3) is 11.0 Å². The largest absolute Gasteiger partial charge is 0.394 e. The van der Waals surface area contributed by atoms with E-state index in [0.29, 0.717) is 0 Å². The van der Waals surface area contributed by atoms with Gasteiger partial charge in [0.1, 0.15) is 36.1 Å². The van der Waals surface area contributed by atoms with Crippen molar-refractivity contribution in [3.8, 4) is 0 Å². The number of fused-ring (bicyclic) bond motifs is 1. The Bertz CT molecular complexity index is 732. The van der Waals surface area contributed by atoms with Crippen molar-refractivity contribution in [2.75, 3.05) is 12.3 Å². The topological polar surface area (TPSA) is 170 Å². The molecule has 1 aliphatic rings. The molecule has 1 unspecified atom stereocenters. The molecule has 1 fully saturated rings. The molecule has 7 N–H and O–H groups in total. The van der Waals surface area contributed by atoms with Crippen LogP contribution in [-0.4, -0.2) is 60.7 Å². The predicted molar refractivity (Wildman–Crippen MR) is 73.5 cm³/mol. The number of aliphatic hydroxyl groups excluding tert-OH is 3. The first kappa shape index (κ1) is 14.7. The second kappa shape index (κ2) is 5.18. The van der Waals surface area contributed by atoms with E-state index in [1.165, 1.54) is 17.1 Å². The fraction of sp³-hybridized carbons (Fsp3) is 0.417. The highest BCUT2D eigenvalue weighted by Crippen LogP contribution is 2.34. The van der Waals surface area contributed by atoms with Gasteiger partial charge < -0.3 is 36.1 Å². The molecule has 3 rings (SSSR count). The Morgan fingerprint density at radius 1 is 1.36 bits per heavy atom. The molecule has 10 nitrogen and oxygen atoms in total. The average molecular weight is 309 g/mol. The van der Waals surface area contributed by atoms with E-state index >= 15 is 0 Å². The summed E-state index contributed by atoms with van der Waals surface area (Å²) in [6, 6.07) is 0. The zero-order chi connectivity index (χ0) is 16.0. The molecule has 10 heteroatoms. The number of hydrogen-bond donors (Lipinski definition) is 5. The van der Waals surface area contributed by atoms with Crippen molar-refractivity contribution in [1.82, 2.24) is 14.5 Å². The van der Waals surface area contributed by atoms with Crippen LogP contribution in [0.1, 0.15) is 16.6 Å². The minimum absolute atomic E-state index is 0.0595. The van der Waals surface area contributed by atoms with Gasteiger partial charge in [0, 0.05) is 6.20 Å². The number of nitrogen functional groups attached to an aromatic ring is 1. The van der Waals surface area contributed by atoms with E-state index in [1.807, 2.05) is 0 Å². The Morgan fingerprint density at radius 2 is 2.09 bits per heavy atom. The van der Waals surface area contributed by atoms with Gasteiger partial charge in [-0.1, -0.05) is 0 Å². The lowest BCUT2D eigenvalue weighted by Crippen LogP contribution is -2.33. The summed E-state index contributed by atoms with van der Waals surface area (Å²) >= 11 is 0. The van der Waals surface area contributed by atoms with Gasteiger partial charge in [-0.25, -0.2) is 9.97 Å². The standard InChI is InChI=1S/C12H15N5O5/c13-9-6-4(10(14)21)1-17(11(6)16-3-15-9)12-8(20)7(19)5(2-18)22-12/h1,3,5,7-8,12,18-20H,2H2,(H2,14,21)(H2,13,15,16)/t5-,7?,8+,12-/m1/s1. The van der Waals surface area contributed by atoms with Gasteiger partial charge in [-0.2, -0.15) is 0 Å². The van der Waals surface area contributed by atoms with Gasteiger partial charge >= 0.3 is 0 Å². The number of carbonyl (C=O) groups is 1. The summed E-state index contributed by atoms with van der Waals surface area (Å²) in [4.78, 5) is 19.4. The van der Waals surface area contributed by atoms with Crippen LogP contribution in [0, 0.1) is 0 Å². The number of carbonyl (C=O) groups excluding carboxylic acids is 1. The maximum atomic E-state index is 11.6. The monoisotopic (exact) mass is 309 g/mol. The molecule has 1 amide bonds. The number of rotatable bonds is 3. The van der Waals surface area contributed by atoms with Crippen LogP contribution in [0.15, 0.2) is 12.5 Å². The molecule has 0 aromatic carbocycles. The Labute approximate surface area is 123 Å². The number of aromatic nitrogens is 3. The SMILES string of the molecule is NC(=O)c1cn([C@@H]2O[C@H](CO)C(O)[C@@H]2O)c2ncnc(N)c12. The van der Waals surface area contributed by atoms with Crippen molar-refractivity contribution >= 4 is 22.8 Å². The summed E-state index contributed by atoms with van der Waals surface area (Å²) in [5, 5.41) is 29.3. The molecule has 1 saturated heterocycles. The zero-order valence-electron chi connectivity index (χ0n) is 11.3. The molecule has 0 spiro atoms. The molecule has 0 bridgehead atoms. The van der Waals surface area contributed by atoms with Crippen LogP contribution in [-0.2, 0) is 4.74 Å². The Hall–Kier alpha value is -2.27. The molecule has 0 aliphatic carbocycles. The van der Waals surface area contributed by atoms with Gasteiger partial charge in [0.05, 0.1) is 17.6 Å². The average Bonchev–Trinajstić information content (AvgIpc) is 3.00. The maximum Gasteiger partial charge on any atom is 0.251 e. The van der Waals surface area contributed by atoms with E-state index in [1.54, 1.807) is 0 Å². The van der Waals surface area contributed by atoms with E-state index in [9.17, 15) is 15.0 Å². The van der Waals surface area contributed by atoms with Crippen molar-refractivity contribution < 1.29 is 24.9 Å². The minimum atomic E-state index is -1.32. The van der Waals surface area contributed by atoms with Crippen molar-refractivity contribution in [1.29, 1.82) is 0 Å². The van der Waals surface area contributed by atoms with Crippen LogP contribution < -0.4 is 11.5 Å². The molecule has 22 heavy (non-hydrogen) atoms. The lowest BCUT2D eigenvalue weighted by molar-refractivity contribution is -0.0508. The minimum Gasteiger partial charge on any atom is -0.394 e. The second-order valence-corrected chi connectivity index (χ2v) is 5.00. The van der Waals surface area contributed by atoms with Gasteiger partial charge in [-0.05, 0) is 0 Å². The molecule has 2 aromatic heterocycles. The lowest BCUT2D eigenvalue weighted by Gasteiger charge is -2.17. The molecule has 3 heterocycles. The molecular formula is C12H15N5O5. The predicted octanol–water partition coefficient (Wildman–Crippen LogP) is -2.28. The third kappa shape index (κ3) is 2.01. The number of anilines is 1. The number of nitrogens with two attached hydrogens (primary N) is 2. The number of hydrogen-bond acceptors (Lipinski definition) is 8. The van der Waals surface area contributed by atoms with E-state index in [4.69, 9.17) is 21.3 Å². The third-order valence-corrected chi connectivity index (χ3v) is 3.70. The Morgan fingerprint density at radius 3 is 2.68 bits per heavy atom. The molecule has 4 atom stereocenters. The number of nitrogens with zero attached hydrogens (tertiary/aromatic N) is 3. The van der Waals surface area contributed by atoms with E-state index in [0.717, 1.165) is 0 Å². The van der Waals surface area contributed by atoms with Crippen molar-refractivity contribution in [2.45, 2.75) is 24.5 Å². The number of primary amides is 1. The van der Waals surface area contributed by atoms with Gasteiger partial charge in [0.15, 0.2) is 6.23 Å². The molecule has 0 saturated carbocycles. The first-order valence-corrected chi connectivity index (χ1v) is 6.49. The first-order valence-electron chi connectivity index (χ1n) is 6.49. The second-order valence-electron chi connectivity index (χ2n) is 5.00. The molecule has 118 valence electrons. The van der Waals surface area contributed by atoms with Crippen LogP contribution in [0.2, 0.25) is 0 Å². The Balaban J connectivity index is 2.16. The number of ether oxygens (including phenoxy) is 1. The quantitative estimate of drug-likeness (QED) is 0.422. The molecule has 1 aliphatic heterocycles. The number of amides is 1. The first-order chi connectivity index (χ1) is 10.5. The summed E-state index contributed by atoms with van der Waals surface area (Å²) in [5.41, 5.74) is 11.4. The zero-order valence-corrected chi connectivity index (χ0v) is 11.3. The van der Waals surface area contributed by atoms with Gasteiger partial charge in [-0.15, -0.1) is 0 Å². The highest BCUT2D eigenvalue weighted by molar-refractivity contribution is 6.08. The highest BCUT2D eigenvalue weighted by atomic mass is 16.6. The van der Waals surface area contributed by atoms with Crippen molar-refractivity contribution in [3.63, 3.8) is 0 Å². The van der Waals surface area contributed by atoms with Crippen molar-refractivity contribution in [2.24, 2.45) is 5.73 Å². The van der Waals surface area contributed by atoms with E-state index < -0.39 is 37.1 Å². The van der Waals surface area contributed by atoms with Crippen molar-refractivity contribution in [3.05, 3.63) is 18.1 Å². The maximum absolute atomic E-state index is 11.6. The summed E-state index contributed by atoms with van der Waals surface area (Å²) in [6.07, 6.45) is -2.06. The Kier molecular flexibility index (Phi) is 3.45. The van der Waals surface area contributed by atoms with Gasteiger partial charge in [0.25, 0.3) is 5.91 Å². The summed E-state index contributed by atoms with van der Waals surface area (Å²) in [5.74, 6) is -0.679. The lowest BCUT2D eigenvalue weighted by atomic mass is 10.1. The van der Waals surface area contributed by atoms with Crippen LogP contribution in [0.5, 0.6) is 0 Å². The smallest absolute Gasteiger partial charge is 0.251 e. The van der Waals surface area contributed by atoms with Gasteiger partial charge in [0.2, 0.25) is 0 Å². The molecule has 2 aromatic rings. The fourth-order valence-electron chi connectivity index (χ4n) is 2.60. The molecular weight excluding hydrogens is 294 g/mol. The van der Waals surface area contributed by atoms with E-state index in [2.05, 4.69) is 9.97 Å². The van der Waals surface area contributed by atoms with Gasteiger partial charge in [-0.3, -0.25) is 4.79 Å². The van der Waals surface area contributed by atoms with Crippen LogP contribution in [0.3, 0.4) is 0 Å². The summed E-state index contributed by atoms with van der Waals surface area (Å²) < 4.78 is 6.77. The third-order valence-electron chi connectivity index (χ3n) is 3.70. The number of aliphatic hydroxyl groups is 3. The summed E-state index contributed by atoms with van der Waals surface area (Å²) in [7, 11) is 0. The molecule has 0 radical (unpaired) electrons. The summed E-state index contributed by atoms with van der Waals surface area (Å²) in [6.45, 7) is -0.465. The fourth-order valence-corrected chi connectivity index (χ4v) is 2.60. The van der Waals surface area contributed by atoms with Crippen LogP contribution in [0.4, 0.5) is 5.82 Å². The van der Waals surface area contributed by atoms with Crippen LogP contribution >= 0.6 is 0 Å². The normalized spacial score (nSPS) is 28.3.